The van der Waals surface area contributed by atoms with Gasteiger partial charge in [0.2, 0.25) is 11.8 Å². The van der Waals surface area contributed by atoms with E-state index in [2.05, 4.69) is 21.6 Å². The van der Waals surface area contributed by atoms with Gasteiger partial charge < -0.3 is 9.73 Å². The Kier molecular flexibility index (Phi) is 4.99. The number of hydrogen-bond donors (Lipinski definition) is 1. The highest BCUT2D eigenvalue weighted by Crippen LogP contribution is 2.42. The lowest BCUT2D eigenvalue weighted by atomic mass is 10.1. The summed E-state index contributed by atoms with van der Waals surface area (Å²) in [5.41, 5.74) is 3.92. The second-order valence-electron chi connectivity index (χ2n) is 6.95. The number of hydrogen-bond acceptors (Lipinski definition) is 5. The van der Waals surface area contributed by atoms with Crippen LogP contribution in [0.25, 0.3) is 0 Å². The third kappa shape index (κ3) is 4.39. The molecule has 0 bridgehead atoms. The molecular weight excluding hydrogens is 358 g/mol. The third-order valence-electron chi connectivity index (χ3n) is 4.40. The zero-order valence-electron chi connectivity index (χ0n) is 15.3. The van der Waals surface area contributed by atoms with Crippen LogP contribution in [0.5, 0.6) is 0 Å². The van der Waals surface area contributed by atoms with E-state index in [-0.39, 0.29) is 5.91 Å². The van der Waals surface area contributed by atoms with Crippen LogP contribution in [-0.4, -0.2) is 16.1 Å². The second kappa shape index (κ2) is 7.56. The number of aryl methyl sites for hydroxylation is 2. The second-order valence-corrected chi connectivity index (χ2v) is 8.01. The van der Waals surface area contributed by atoms with Gasteiger partial charge in [-0.25, -0.2) is 0 Å². The van der Waals surface area contributed by atoms with E-state index >= 15 is 0 Å². The topological polar surface area (TPSA) is 68.0 Å². The first kappa shape index (κ1) is 17.8. The Hall–Kier alpha value is -2.60. The van der Waals surface area contributed by atoms with Crippen LogP contribution in [0.1, 0.15) is 46.6 Å². The van der Waals surface area contributed by atoms with E-state index in [1.807, 2.05) is 56.3 Å². The maximum absolute atomic E-state index is 13.1. The number of carbonyl (C=O) groups is 1. The number of nitrogens with zero attached hydrogens (tertiary/aromatic N) is 2. The van der Waals surface area contributed by atoms with Crippen LogP contribution in [-0.2, 0) is 4.79 Å². The van der Waals surface area contributed by atoms with Crippen molar-refractivity contribution in [2.24, 2.45) is 0 Å². The molecule has 0 radical (unpaired) electrons. The number of rotatable bonds is 6. The summed E-state index contributed by atoms with van der Waals surface area (Å²) in [4.78, 5) is 13.1. The predicted octanol–water partition coefficient (Wildman–Crippen LogP) is 5.04. The van der Waals surface area contributed by atoms with Crippen molar-refractivity contribution in [3.8, 4) is 0 Å². The van der Waals surface area contributed by atoms with Crippen molar-refractivity contribution in [3.63, 3.8) is 0 Å². The monoisotopic (exact) mass is 379 g/mol. The predicted molar refractivity (Wildman–Crippen MR) is 106 cm³/mol. The van der Waals surface area contributed by atoms with Crippen LogP contribution >= 0.6 is 11.8 Å². The minimum Gasteiger partial charge on any atom is -0.416 e. The van der Waals surface area contributed by atoms with Crippen LogP contribution < -0.4 is 5.32 Å². The van der Waals surface area contributed by atoms with Crippen molar-refractivity contribution in [3.05, 3.63) is 71.1 Å². The van der Waals surface area contributed by atoms with E-state index in [1.54, 1.807) is 0 Å². The highest BCUT2D eigenvalue weighted by Gasteiger charge is 2.31. The molecule has 0 spiro atoms. The van der Waals surface area contributed by atoms with Gasteiger partial charge >= 0.3 is 0 Å². The SMILES string of the molecule is Cc1cc(C)cc(NC(=O)[C@H](Sc2nnc(C3CC3)o2)c2ccccc2)c1. The summed E-state index contributed by atoms with van der Waals surface area (Å²) in [6, 6.07) is 15.7. The van der Waals surface area contributed by atoms with Crippen molar-refractivity contribution in [2.45, 2.75) is 43.1 Å². The largest absolute Gasteiger partial charge is 0.416 e. The molecule has 1 heterocycles. The summed E-state index contributed by atoms with van der Waals surface area (Å²) < 4.78 is 5.76. The summed E-state index contributed by atoms with van der Waals surface area (Å²) in [7, 11) is 0. The first-order valence-corrected chi connectivity index (χ1v) is 9.90. The Morgan fingerprint density at radius 2 is 1.81 bits per heavy atom. The first-order chi connectivity index (χ1) is 13.1. The fourth-order valence-electron chi connectivity index (χ4n) is 3.02. The summed E-state index contributed by atoms with van der Waals surface area (Å²) >= 11 is 1.29. The van der Waals surface area contributed by atoms with Crippen molar-refractivity contribution in [1.82, 2.24) is 10.2 Å². The molecule has 6 heteroatoms. The van der Waals surface area contributed by atoms with Gasteiger partial charge in [0, 0.05) is 11.6 Å². The van der Waals surface area contributed by atoms with Crippen LogP contribution in [0, 0.1) is 13.8 Å². The van der Waals surface area contributed by atoms with Gasteiger partial charge in [0.1, 0.15) is 5.25 Å². The molecule has 3 aromatic rings. The zero-order chi connectivity index (χ0) is 18.8. The standard InChI is InChI=1S/C21H21N3O2S/c1-13-10-14(2)12-17(11-13)22-19(25)18(15-6-4-3-5-7-15)27-21-24-23-20(26-21)16-8-9-16/h3-7,10-12,16,18H,8-9H2,1-2H3,(H,22,25)/t18-/m1/s1. The molecule has 1 saturated carbocycles. The fraction of sp³-hybridized carbons (Fsp3) is 0.286. The zero-order valence-corrected chi connectivity index (χ0v) is 16.1. The maximum atomic E-state index is 13.1. The molecule has 2 aromatic carbocycles. The molecule has 4 rings (SSSR count). The summed E-state index contributed by atoms with van der Waals surface area (Å²) in [6.07, 6.45) is 2.20. The van der Waals surface area contributed by atoms with Gasteiger partial charge in [0.25, 0.3) is 5.22 Å². The number of thioether (sulfide) groups is 1. The maximum Gasteiger partial charge on any atom is 0.277 e. The highest BCUT2D eigenvalue weighted by atomic mass is 32.2. The molecule has 1 amide bonds. The van der Waals surface area contributed by atoms with E-state index in [4.69, 9.17) is 4.42 Å². The summed E-state index contributed by atoms with van der Waals surface area (Å²) in [5.74, 6) is 0.965. The van der Waals surface area contributed by atoms with E-state index < -0.39 is 5.25 Å². The van der Waals surface area contributed by atoms with Gasteiger partial charge in [0.05, 0.1) is 0 Å². The Labute approximate surface area is 162 Å². The molecule has 1 atom stereocenters. The number of nitrogens with one attached hydrogen (secondary N) is 1. The van der Waals surface area contributed by atoms with Gasteiger partial charge in [-0.05, 0) is 67.3 Å². The van der Waals surface area contributed by atoms with Crippen molar-refractivity contribution in [2.75, 3.05) is 5.32 Å². The van der Waals surface area contributed by atoms with E-state index in [0.717, 1.165) is 35.2 Å². The summed E-state index contributed by atoms with van der Waals surface area (Å²) in [5, 5.41) is 11.2. The van der Waals surface area contributed by atoms with Gasteiger partial charge in [-0.2, -0.15) is 0 Å². The Balaban J connectivity index is 1.57. The molecule has 0 aliphatic heterocycles. The van der Waals surface area contributed by atoms with Gasteiger partial charge in [0.15, 0.2) is 0 Å². The van der Waals surface area contributed by atoms with Gasteiger partial charge in [-0.1, -0.05) is 36.4 Å². The normalized spacial score (nSPS) is 14.7. The summed E-state index contributed by atoms with van der Waals surface area (Å²) in [6.45, 7) is 4.04. The van der Waals surface area contributed by atoms with Crippen LogP contribution in [0.2, 0.25) is 0 Å². The number of carbonyl (C=O) groups excluding carboxylic acids is 1. The Bertz CT molecular complexity index is 931. The number of amides is 1. The lowest BCUT2D eigenvalue weighted by Gasteiger charge is -2.16. The minimum absolute atomic E-state index is 0.109. The van der Waals surface area contributed by atoms with Gasteiger partial charge in [-0.15, -0.1) is 10.2 Å². The minimum atomic E-state index is -0.473. The molecule has 1 aromatic heterocycles. The molecule has 0 saturated heterocycles. The lowest BCUT2D eigenvalue weighted by Crippen LogP contribution is -2.19. The van der Waals surface area contributed by atoms with Crippen LogP contribution in [0.4, 0.5) is 5.69 Å². The molecule has 1 aliphatic carbocycles. The number of benzene rings is 2. The van der Waals surface area contributed by atoms with Crippen molar-refractivity contribution < 1.29 is 9.21 Å². The van der Waals surface area contributed by atoms with Crippen LogP contribution in [0.3, 0.4) is 0 Å². The Morgan fingerprint density at radius 1 is 1.11 bits per heavy atom. The molecular formula is C21H21N3O2S. The fourth-order valence-corrected chi connectivity index (χ4v) is 3.90. The smallest absolute Gasteiger partial charge is 0.277 e. The van der Waals surface area contributed by atoms with E-state index in [0.29, 0.717) is 17.0 Å². The highest BCUT2D eigenvalue weighted by molar-refractivity contribution is 8.00. The average molecular weight is 379 g/mol. The van der Waals surface area contributed by atoms with Crippen LogP contribution in [0.15, 0.2) is 58.2 Å². The van der Waals surface area contributed by atoms with E-state index in [9.17, 15) is 4.79 Å². The molecule has 27 heavy (non-hydrogen) atoms. The Morgan fingerprint density at radius 3 is 2.48 bits per heavy atom. The average Bonchev–Trinajstić information content (AvgIpc) is 3.38. The quantitative estimate of drug-likeness (QED) is 0.608. The molecule has 0 unspecified atom stereocenters. The molecule has 138 valence electrons. The molecule has 1 N–H and O–H groups in total. The third-order valence-corrected chi connectivity index (χ3v) is 5.49. The number of aromatic nitrogens is 2. The molecule has 5 nitrogen and oxygen atoms in total. The lowest BCUT2D eigenvalue weighted by molar-refractivity contribution is -0.115. The first-order valence-electron chi connectivity index (χ1n) is 9.02. The van der Waals surface area contributed by atoms with E-state index in [1.165, 1.54) is 11.8 Å². The van der Waals surface area contributed by atoms with Gasteiger partial charge in [-0.3, -0.25) is 4.79 Å². The molecule has 1 aliphatic rings. The van der Waals surface area contributed by atoms with Crippen molar-refractivity contribution >= 4 is 23.4 Å². The number of anilines is 1. The molecule has 1 fully saturated rings. The van der Waals surface area contributed by atoms with Crippen molar-refractivity contribution in [1.29, 1.82) is 0 Å².